The van der Waals surface area contributed by atoms with E-state index in [-0.39, 0.29) is 5.92 Å². The van der Waals surface area contributed by atoms with Crippen molar-refractivity contribution in [3.8, 4) is 5.75 Å². The number of methoxy groups -OCH3 is 1. The predicted octanol–water partition coefficient (Wildman–Crippen LogP) is 4.28. The number of benzene rings is 2. The molecule has 1 atom stereocenters. The number of sulfonamides is 1. The van der Waals surface area contributed by atoms with Gasteiger partial charge in [0.05, 0.1) is 12.0 Å². The van der Waals surface area contributed by atoms with Gasteiger partial charge in [-0.25, -0.2) is 8.42 Å². The van der Waals surface area contributed by atoms with Crippen molar-refractivity contribution in [2.75, 3.05) is 20.2 Å². The molecule has 0 aromatic heterocycles. The van der Waals surface area contributed by atoms with Gasteiger partial charge in [0, 0.05) is 19.0 Å². The molecule has 1 saturated heterocycles. The maximum atomic E-state index is 13.0. The summed E-state index contributed by atoms with van der Waals surface area (Å²) >= 11 is 0. The molecule has 0 saturated carbocycles. The van der Waals surface area contributed by atoms with E-state index in [4.69, 9.17) is 4.74 Å². The van der Waals surface area contributed by atoms with Gasteiger partial charge in [0.25, 0.3) is 0 Å². The molecule has 3 rings (SSSR count). The molecule has 2 aromatic rings. The van der Waals surface area contributed by atoms with Gasteiger partial charge in [-0.1, -0.05) is 48.1 Å². The van der Waals surface area contributed by atoms with Crippen molar-refractivity contribution in [2.24, 2.45) is 5.92 Å². The van der Waals surface area contributed by atoms with E-state index < -0.39 is 10.0 Å². The third-order valence-electron chi connectivity index (χ3n) is 4.91. The largest absolute Gasteiger partial charge is 0.497 e. The van der Waals surface area contributed by atoms with Gasteiger partial charge in [-0.05, 0) is 49.2 Å². The Bertz CT molecular complexity index is 958. The molecule has 1 heterocycles. The molecule has 0 amide bonds. The Morgan fingerprint density at radius 3 is 2.33 bits per heavy atom. The Morgan fingerprint density at radius 1 is 1.15 bits per heavy atom. The first-order chi connectivity index (χ1) is 12.8. The standard InChI is InChI=1S/C22H25NO3S/c1-16(2)22-15-23(27(24,25)21-11-5-17(3)6-12-21)14-19(22)13-18-7-9-20(26-4)10-8-18/h5-13,22H,1,14-15H2,2-4H3/b19-13-. The smallest absolute Gasteiger partial charge is 0.243 e. The van der Waals surface area contributed by atoms with Gasteiger partial charge in [0.15, 0.2) is 0 Å². The fraction of sp³-hybridized carbons (Fsp3) is 0.273. The monoisotopic (exact) mass is 383 g/mol. The van der Waals surface area contributed by atoms with Gasteiger partial charge in [-0.2, -0.15) is 4.31 Å². The second-order valence-electron chi connectivity index (χ2n) is 7.00. The van der Waals surface area contributed by atoms with Crippen LogP contribution in [-0.4, -0.2) is 32.9 Å². The van der Waals surface area contributed by atoms with Crippen molar-refractivity contribution in [1.29, 1.82) is 0 Å². The second kappa shape index (κ2) is 7.71. The summed E-state index contributed by atoms with van der Waals surface area (Å²) in [4.78, 5) is 0.333. The Morgan fingerprint density at radius 2 is 1.78 bits per heavy atom. The second-order valence-corrected chi connectivity index (χ2v) is 8.94. The molecule has 0 aliphatic carbocycles. The van der Waals surface area contributed by atoms with E-state index >= 15 is 0 Å². The molecule has 0 spiro atoms. The fourth-order valence-electron chi connectivity index (χ4n) is 3.27. The predicted molar refractivity (Wildman–Crippen MR) is 109 cm³/mol. The number of ether oxygens (including phenoxy) is 1. The highest BCUT2D eigenvalue weighted by molar-refractivity contribution is 7.89. The Balaban J connectivity index is 1.91. The lowest BCUT2D eigenvalue weighted by molar-refractivity contribution is 0.415. The van der Waals surface area contributed by atoms with Crippen LogP contribution in [0.3, 0.4) is 0 Å². The van der Waals surface area contributed by atoms with E-state index in [0.717, 1.165) is 28.0 Å². The van der Waals surface area contributed by atoms with Crippen LogP contribution in [0.15, 0.2) is 71.2 Å². The first kappa shape index (κ1) is 19.4. The maximum absolute atomic E-state index is 13.0. The average molecular weight is 384 g/mol. The molecule has 0 bridgehead atoms. The molecule has 27 heavy (non-hydrogen) atoms. The van der Waals surface area contributed by atoms with Crippen molar-refractivity contribution in [3.05, 3.63) is 77.4 Å². The van der Waals surface area contributed by atoms with E-state index in [0.29, 0.717) is 18.0 Å². The topological polar surface area (TPSA) is 46.6 Å². The van der Waals surface area contributed by atoms with E-state index in [9.17, 15) is 8.42 Å². The molecule has 1 unspecified atom stereocenters. The molecule has 5 heteroatoms. The molecule has 1 aliphatic heterocycles. The Kier molecular flexibility index (Phi) is 5.53. The van der Waals surface area contributed by atoms with Crippen molar-refractivity contribution in [3.63, 3.8) is 0 Å². The normalized spacial score (nSPS) is 19.4. The molecule has 2 aromatic carbocycles. The maximum Gasteiger partial charge on any atom is 0.243 e. The van der Waals surface area contributed by atoms with Crippen LogP contribution in [0.25, 0.3) is 6.08 Å². The third kappa shape index (κ3) is 4.15. The van der Waals surface area contributed by atoms with Gasteiger partial charge < -0.3 is 4.74 Å². The zero-order chi connectivity index (χ0) is 19.6. The van der Waals surface area contributed by atoms with Gasteiger partial charge in [0.1, 0.15) is 5.75 Å². The van der Waals surface area contributed by atoms with Crippen LogP contribution in [0, 0.1) is 12.8 Å². The molecule has 0 radical (unpaired) electrons. The third-order valence-corrected chi connectivity index (χ3v) is 6.74. The van der Waals surface area contributed by atoms with Crippen molar-refractivity contribution in [2.45, 2.75) is 18.7 Å². The van der Waals surface area contributed by atoms with E-state index in [2.05, 4.69) is 12.7 Å². The quantitative estimate of drug-likeness (QED) is 0.724. The zero-order valence-electron chi connectivity index (χ0n) is 16.0. The number of aryl methyl sites for hydroxylation is 1. The van der Waals surface area contributed by atoms with Crippen LogP contribution in [0.4, 0.5) is 0 Å². The molecule has 0 N–H and O–H groups in total. The number of rotatable bonds is 5. The number of hydrogen-bond acceptors (Lipinski definition) is 3. The zero-order valence-corrected chi connectivity index (χ0v) is 16.8. The van der Waals surface area contributed by atoms with Crippen LogP contribution in [-0.2, 0) is 10.0 Å². The van der Waals surface area contributed by atoms with E-state index in [1.807, 2.05) is 50.2 Å². The first-order valence-corrected chi connectivity index (χ1v) is 10.3. The highest BCUT2D eigenvalue weighted by Crippen LogP contribution is 2.33. The SMILES string of the molecule is C=C(C)C1CN(S(=O)(=O)c2ccc(C)cc2)C/C1=C/c1ccc(OC)cc1. The van der Waals surface area contributed by atoms with Crippen LogP contribution < -0.4 is 4.74 Å². The van der Waals surface area contributed by atoms with Gasteiger partial charge in [-0.3, -0.25) is 0 Å². The Labute approximate surface area is 161 Å². The van der Waals surface area contributed by atoms with Gasteiger partial charge in [-0.15, -0.1) is 0 Å². The molecule has 1 aliphatic rings. The summed E-state index contributed by atoms with van der Waals surface area (Å²) in [5.41, 5.74) is 4.08. The van der Waals surface area contributed by atoms with E-state index in [1.54, 1.807) is 23.5 Å². The summed E-state index contributed by atoms with van der Waals surface area (Å²) in [6, 6.07) is 14.7. The molecular formula is C22H25NO3S. The molecule has 4 nitrogen and oxygen atoms in total. The highest BCUT2D eigenvalue weighted by atomic mass is 32.2. The average Bonchev–Trinajstić information content (AvgIpc) is 3.08. The fourth-order valence-corrected chi connectivity index (χ4v) is 4.72. The lowest BCUT2D eigenvalue weighted by atomic mass is 9.94. The minimum Gasteiger partial charge on any atom is -0.497 e. The summed E-state index contributed by atoms with van der Waals surface area (Å²) < 4.78 is 32.8. The van der Waals surface area contributed by atoms with Crippen LogP contribution in [0.5, 0.6) is 5.75 Å². The molecule has 1 fully saturated rings. The summed E-state index contributed by atoms with van der Waals surface area (Å²) in [5.74, 6) is 0.816. The van der Waals surface area contributed by atoms with Gasteiger partial charge in [0.2, 0.25) is 10.0 Å². The summed E-state index contributed by atoms with van der Waals surface area (Å²) in [7, 11) is -1.89. The summed E-state index contributed by atoms with van der Waals surface area (Å²) in [6.07, 6.45) is 2.06. The van der Waals surface area contributed by atoms with Crippen LogP contribution >= 0.6 is 0 Å². The van der Waals surface area contributed by atoms with Crippen LogP contribution in [0.1, 0.15) is 18.1 Å². The minimum absolute atomic E-state index is 0.0207. The first-order valence-electron chi connectivity index (χ1n) is 8.88. The number of hydrogen-bond donors (Lipinski definition) is 0. The van der Waals surface area contributed by atoms with Crippen molar-refractivity contribution < 1.29 is 13.2 Å². The molecular weight excluding hydrogens is 358 g/mol. The van der Waals surface area contributed by atoms with E-state index in [1.165, 1.54) is 0 Å². The lowest BCUT2D eigenvalue weighted by Gasteiger charge is -2.16. The minimum atomic E-state index is -3.53. The van der Waals surface area contributed by atoms with Crippen molar-refractivity contribution in [1.82, 2.24) is 4.31 Å². The number of nitrogens with zero attached hydrogens (tertiary/aromatic N) is 1. The van der Waals surface area contributed by atoms with Crippen molar-refractivity contribution >= 4 is 16.1 Å². The van der Waals surface area contributed by atoms with Crippen LogP contribution in [0.2, 0.25) is 0 Å². The Hall–Kier alpha value is -2.37. The highest BCUT2D eigenvalue weighted by Gasteiger charge is 2.35. The molecule has 142 valence electrons. The summed E-state index contributed by atoms with van der Waals surface area (Å²) in [6.45, 7) is 8.77. The summed E-state index contributed by atoms with van der Waals surface area (Å²) in [5, 5.41) is 0. The van der Waals surface area contributed by atoms with Gasteiger partial charge >= 0.3 is 0 Å². The lowest BCUT2D eigenvalue weighted by Crippen LogP contribution is -2.29.